The molecular formula is C17H15NO2S. The van der Waals surface area contributed by atoms with Gasteiger partial charge < -0.3 is 4.90 Å². The maximum absolute atomic E-state index is 12.6. The van der Waals surface area contributed by atoms with E-state index in [1.54, 1.807) is 22.3 Å². The van der Waals surface area contributed by atoms with Gasteiger partial charge in [-0.1, -0.05) is 18.2 Å². The van der Waals surface area contributed by atoms with Crippen LogP contribution in [0.15, 0.2) is 47.4 Å². The van der Waals surface area contributed by atoms with E-state index in [4.69, 9.17) is 0 Å². The predicted molar refractivity (Wildman–Crippen MR) is 85.7 cm³/mol. The average Bonchev–Trinajstić information content (AvgIpc) is 3.00. The summed E-state index contributed by atoms with van der Waals surface area (Å²) < 4.78 is 0. The van der Waals surface area contributed by atoms with Crippen molar-refractivity contribution in [2.45, 2.75) is 13.3 Å². The smallest absolute Gasteiger partial charge is 0.253 e. The van der Waals surface area contributed by atoms with E-state index in [0.29, 0.717) is 24.1 Å². The second-order valence-corrected chi connectivity index (χ2v) is 5.97. The lowest BCUT2D eigenvalue weighted by molar-refractivity contribution is -0.115. The molecule has 0 bridgehead atoms. The normalized spacial score (nSPS) is 15.0. The Balaban J connectivity index is 1.92. The Morgan fingerprint density at radius 1 is 1.24 bits per heavy atom. The standard InChI is InChI=1S/C17H15NO2S/c1-12(11-13-5-4-10-21-13)17(20)18-9-8-16(19)14-6-2-3-7-15(14)18/h2-7,10-11H,8-9H2,1H3/b12-11+. The highest BCUT2D eigenvalue weighted by atomic mass is 32.1. The first-order chi connectivity index (χ1) is 10.2. The highest BCUT2D eigenvalue weighted by molar-refractivity contribution is 7.10. The molecule has 1 aliphatic rings. The number of benzene rings is 1. The summed E-state index contributed by atoms with van der Waals surface area (Å²) in [7, 11) is 0. The highest BCUT2D eigenvalue weighted by Gasteiger charge is 2.27. The minimum Gasteiger partial charge on any atom is -0.307 e. The first kappa shape index (κ1) is 13.8. The summed E-state index contributed by atoms with van der Waals surface area (Å²) in [6, 6.07) is 11.3. The zero-order valence-corrected chi connectivity index (χ0v) is 12.5. The highest BCUT2D eigenvalue weighted by Crippen LogP contribution is 2.28. The van der Waals surface area contributed by atoms with Crippen LogP contribution < -0.4 is 4.90 Å². The summed E-state index contributed by atoms with van der Waals surface area (Å²) in [4.78, 5) is 27.3. The van der Waals surface area contributed by atoms with E-state index in [1.807, 2.05) is 48.7 Å². The third-order valence-corrected chi connectivity index (χ3v) is 4.36. The van der Waals surface area contributed by atoms with Gasteiger partial charge in [-0.3, -0.25) is 9.59 Å². The zero-order valence-electron chi connectivity index (χ0n) is 11.7. The molecule has 0 saturated carbocycles. The second-order valence-electron chi connectivity index (χ2n) is 4.99. The van der Waals surface area contributed by atoms with Crippen LogP contribution in [-0.4, -0.2) is 18.2 Å². The molecule has 0 atom stereocenters. The molecule has 21 heavy (non-hydrogen) atoms. The van der Waals surface area contributed by atoms with Crippen molar-refractivity contribution in [3.05, 3.63) is 57.8 Å². The Morgan fingerprint density at radius 3 is 2.81 bits per heavy atom. The number of carbonyl (C=O) groups is 2. The molecule has 0 aliphatic carbocycles. The van der Waals surface area contributed by atoms with Gasteiger partial charge in [0.15, 0.2) is 5.78 Å². The summed E-state index contributed by atoms with van der Waals surface area (Å²) in [5.41, 5.74) is 2.04. The number of ketones is 1. The number of fused-ring (bicyclic) bond motifs is 1. The molecule has 0 fully saturated rings. The van der Waals surface area contributed by atoms with Crippen LogP contribution >= 0.6 is 11.3 Å². The largest absolute Gasteiger partial charge is 0.307 e. The molecule has 1 aromatic heterocycles. The van der Waals surface area contributed by atoms with Gasteiger partial charge in [-0.25, -0.2) is 0 Å². The number of rotatable bonds is 2. The molecule has 3 nitrogen and oxygen atoms in total. The van der Waals surface area contributed by atoms with Crippen LogP contribution in [0.3, 0.4) is 0 Å². The maximum atomic E-state index is 12.6. The van der Waals surface area contributed by atoms with Crippen LogP contribution in [0.4, 0.5) is 5.69 Å². The molecule has 0 N–H and O–H groups in total. The SMILES string of the molecule is C/C(=C\c1cccs1)C(=O)N1CCC(=O)c2ccccc21. The number of para-hydroxylation sites is 1. The molecule has 2 aromatic rings. The van der Waals surface area contributed by atoms with Crippen molar-refractivity contribution in [2.24, 2.45) is 0 Å². The van der Waals surface area contributed by atoms with E-state index in [-0.39, 0.29) is 11.7 Å². The van der Waals surface area contributed by atoms with Gasteiger partial charge in [0.1, 0.15) is 0 Å². The quantitative estimate of drug-likeness (QED) is 0.791. The van der Waals surface area contributed by atoms with Gasteiger partial charge in [0.25, 0.3) is 5.91 Å². The summed E-state index contributed by atoms with van der Waals surface area (Å²) in [6.45, 7) is 2.27. The number of amides is 1. The molecule has 2 heterocycles. The van der Waals surface area contributed by atoms with Gasteiger partial charge >= 0.3 is 0 Å². The Kier molecular flexibility index (Phi) is 3.71. The number of hydrogen-bond donors (Lipinski definition) is 0. The average molecular weight is 297 g/mol. The molecule has 1 amide bonds. The summed E-state index contributed by atoms with van der Waals surface area (Å²) in [5, 5.41) is 1.98. The fourth-order valence-corrected chi connectivity index (χ4v) is 3.20. The van der Waals surface area contributed by atoms with Gasteiger partial charge in [-0.05, 0) is 36.6 Å². The molecule has 0 saturated heterocycles. The van der Waals surface area contributed by atoms with Crippen molar-refractivity contribution < 1.29 is 9.59 Å². The summed E-state index contributed by atoms with van der Waals surface area (Å²) in [5.74, 6) is 0.0675. The number of Topliss-reactive ketones (excluding diaryl/α,β-unsaturated/α-hetero) is 1. The number of nitrogens with zero attached hydrogens (tertiary/aromatic N) is 1. The van der Waals surface area contributed by atoms with Crippen molar-refractivity contribution >= 4 is 34.8 Å². The topological polar surface area (TPSA) is 37.4 Å². The van der Waals surface area contributed by atoms with Crippen LogP contribution in [0.25, 0.3) is 6.08 Å². The zero-order chi connectivity index (χ0) is 14.8. The van der Waals surface area contributed by atoms with E-state index >= 15 is 0 Å². The predicted octanol–water partition coefficient (Wildman–Crippen LogP) is 3.77. The van der Waals surface area contributed by atoms with Gasteiger partial charge in [-0.15, -0.1) is 11.3 Å². The minimum absolute atomic E-state index is 0.0386. The van der Waals surface area contributed by atoms with Crippen LogP contribution in [-0.2, 0) is 4.79 Å². The molecule has 4 heteroatoms. The molecule has 1 aliphatic heterocycles. The molecule has 0 spiro atoms. The number of anilines is 1. The molecular weight excluding hydrogens is 282 g/mol. The van der Waals surface area contributed by atoms with Gasteiger partial charge in [0.05, 0.1) is 5.69 Å². The lowest BCUT2D eigenvalue weighted by Gasteiger charge is -2.28. The first-order valence-corrected chi connectivity index (χ1v) is 7.70. The molecule has 3 rings (SSSR count). The monoisotopic (exact) mass is 297 g/mol. The van der Waals surface area contributed by atoms with Gasteiger partial charge in [-0.2, -0.15) is 0 Å². The fourth-order valence-electron chi connectivity index (χ4n) is 2.49. The van der Waals surface area contributed by atoms with E-state index < -0.39 is 0 Å². The van der Waals surface area contributed by atoms with Crippen LogP contribution in [0.2, 0.25) is 0 Å². The van der Waals surface area contributed by atoms with E-state index in [1.165, 1.54) is 0 Å². The van der Waals surface area contributed by atoms with E-state index in [9.17, 15) is 9.59 Å². The lowest BCUT2D eigenvalue weighted by Crippen LogP contribution is -2.37. The third kappa shape index (κ3) is 2.67. The molecule has 0 radical (unpaired) electrons. The fraction of sp³-hybridized carbons (Fsp3) is 0.176. The summed E-state index contributed by atoms with van der Waals surface area (Å²) >= 11 is 1.60. The van der Waals surface area contributed by atoms with E-state index in [2.05, 4.69) is 0 Å². The molecule has 106 valence electrons. The van der Waals surface area contributed by atoms with E-state index in [0.717, 1.165) is 10.6 Å². The Labute approximate surface area is 127 Å². The first-order valence-electron chi connectivity index (χ1n) is 6.83. The van der Waals surface area contributed by atoms with Gasteiger partial charge in [0, 0.05) is 29.0 Å². The minimum atomic E-state index is -0.0386. The molecule has 0 unspecified atom stereocenters. The maximum Gasteiger partial charge on any atom is 0.253 e. The van der Waals surface area contributed by atoms with Crippen molar-refractivity contribution in [2.75, 3.05) is 11.4 Å². The Bertz CT molecular complexity index is 716. The summed E-state index contributed by atoms with van der Waals surface area (Å²) in [6.07, 6.45) is 2.28. The van der Waals surface area contributed by atoms with Crippen molar-refractivity contribution in [3.63, 3.8) is 0 Å². The molecule has 1 aromatic carbocycles. The van der Waals surface area contributed by atoms with Crippen molar-refractivity contribution in [1.82, 2.24) is 0 Å². The van der Waals surface area contributed by atoms with Crippen LogP contribution in [0.1, 0.15) is 28.6 Å². The van der Waals surface area contributed by atoms with Crippen LogP contribution in [0.5, 0.6) is 0 Å². The van der Waals surface area contributed by atoms with Crippen molar-refractivity contribution in [3.8, 4) is 0 Å². The lowest BCUT2D eigenvalue weighted by atomic mass is 9.99. The number of hydrogen-bond acceptors (Lipinski definition) is 3. The third-order valence-electron chi connectivity index (χ3n) is 3.54. The van der Waals surface area contributed by atoms with Crippen LogP contribution in [0, 0.1) is 0 Å². The number of thiophene rings is 1. The number of carbonyl (C=O) groups excluding carboxylic acids is 2. The second kappa shape index (κ2) is 5.66. The Morgan fingerprint density at radius 2 is 2.05 bits per heavy atom. The van der Waals surface area contributed by atoms with Gasteiger partial charge in [0.2, 0.25) is 0 Å². The Hall–Kier alpha value is -2.20. The van der Waals surface area contributed by atoms with Crippen molar-refractivity contribution in [1.29, 1.82) is 0 Å².